The topological polar surface area (TPSA) is 46.5 Å². The number of methoxy groups -OCH3 is 1. The van der Waals surface area contributed by atoms with Gasteiger partial charge in [-0.05, 0) is 60.4 Å². The van der Waals surface area contributed by atoms with Crippen LogP contribution in [0.2, 0.25) is 0 Å². The number of allylic oxidation sites excluding steroid dienone is 2. The van der Waals surface area contributed by atoms with Crippen molar-refractivity contribution in [1.29, 1.82) is 0 Å². The minimum atomic E-state index is 0.105. The number of phenolic OH excluding ortho intramolecular Hbond substituents is 1. The molecule has 1 saturated carbocycles. The lowest BCUT2D eigenvalue weighted by Crippen LogP contribution is -1.95. The normalized spacial score (nSPS) is 17.9. The molecule has 0 aromatic heterocycles. The van der Waals surface area contributed by atoms with Crippen LogP contribution in [0.5, 0.6) is 11.5 Å². The second-order valence-electron chi connectivity index (χ2n) is 5.53. The summed E-state index contributed by atoms with van der Waals surface area (Å²) in [4.78, 5) is 12.5. The summed E-state index contributed by atoms with van der Waals surface area (Å²) in [5.41, 5.74) is 3.58. The zero-order valence-corrected chi connectivity index (χ0v) is 13.0. The van der Waals surface area contributed by atoms with Crippen LogP contribution in [0.4, 0.5) is 0 Å². The highest BCUT2D eigenvalue weighted by Crippen LogP contribution is 2.30. The Morgan fingerprint density at radius 1 is 0.870 bits per heavy atom. The third-order valence-corrected chi connectivity index (χ3v) is 3.94. The van der Waals surface area contributed by atoms with Crippen molar-refractivity contribution >= 4 is 17.9 Å². The largest absolute Gasteiger partial charge is 0.508 e. The Morgan fingerprint density at radius 3 is 1.83 bits per heavy atom. The Morgan fingerprint density at radius 2 is 1.35 bits per heavy atom. The highest BCUT2D eigenvalue weighted by Gasteiger charge is 2.22. The molecular weight excluding hydrogens is 288 g/mol. The summed E-state index contributed by atoms with van der Waals surface area (Å²) in [6.45, 7) is 0. The zero-order valence-electron chi connectivity index (χ0n) is 13.0. The number of ether oxygens (including phenoxy) is 1. The van der Waals surface area contributed by atoms with E-state index in [1.54, 1.807) is 31.4 Å². The first-order chi connectivity index (χ1) is 11.2. The molecule has 3 nitrogen and oxygen atoms in total. The molecule has 1 aliphatic carbocycles. The molecule has 2 aromatic rings. The van der Waals surface area contributed by atoms with Gasteiger partial charge in [0.1, 0.15) is 11.5 Å². The van der Waals surface area contributed by atoms with Crippen LogP contribution in [0.25, 0.3) is 12.2 Å². The van der Waals surface area contributed by atoms with Crippen molar-refractivity contribution in [3.8, 4) is 11.5 Å². The first kappa shape index (κ1) is 15.1. The van der Waals surface area contributed by atoms with E-state index in [1.807, 2.05) is 36.4 Å². The van der Waals surface area contributed by atoms with Crippen molar-refractivity contribution in [2.45, 2.75) is 12.8 Å². The molecule has 0 amide bonds. The van der Waals surface area contributed by atoms with Gasteiger partial charge in [-0.15, -0.1) is 0 Å². The van der Waals surface area contributed by atoms with Gasteiger partial charge < -0.3 is 9.84 Å². The lowest BCUT2D eigenvalue weighted by molar-refractivity contribution is -0.111. The van der Waals surface area contributed by atoms with E-state index in [0.29, 0.717) is 0 Å². The SMILES string of the molecule is COc1ccc(/C=C2/CC/C(=C/c3ccc(O)cc3)C2=O)cc1. The quantitative estimate of drug-likeness (QED) is 0.863. The maximum atomic E-state index is 12.5. The number of hydrogen-bond donors (Lipinski definition) is 1. The van der Waals surface area contributed by atoms with Gasteiger partial charge in [0.15, 0.2) is 5.78 Å². The minimum Gasteiger partial charge on any atom is -0.508 e. The molecule has 0 bridgehead atoms. The molecule has 0 saturated heterocycles. The van der Waals surface area contributed by atoms with E-state index in [0.717, 1.165) is 40.9 Å². The first-order valence-electron chi connectivity index (χ1n) is 7.54. The maximum Gasteiger partial charge on any atom is 0.185 e. The molecule has 1 N–H and O–H groups in total. The van der Waals surface area contributed by atoms with Crippen molar-refractivity contribution in [1.82, 2.24) is 0 Å². The average molecular weight is 306 g/mol. The van der Waals surface area contributed by atoms with Gasteiger partial charge in [0.2, 0.25) is 0 Å². The summed E-state index contributed by atoms with van der Waals surface area (Å²) in [6.07, 6.45) is 5.35. The van der Waals surface area contributed by atoms with Crippen molar-refractivity contribution < 1.29 is 14.6 Å². The van der Waals surface area contributed by atoms with Gasteiger partial charge in [0.05, 0.1) is 7.11 Å². The molecule has 3 rings (SSSR count). The fraction of sp³-hybridized carbons (Fsp3) is 0.150. The average Bonchev–Trinajstić information content (AvgIpc) is 2.91. The van der Waals surface area contributed by atoms with Crippen LogP contribution in [0.15, 0.2) is 59.7 Å². The third-order valence-electron chi connectivity index (χ3n) is 3.94. The van der Waals surface area contributed by atoms with Crippen molar-refractivity contribution in [3.63, 3.8) is 0 Å². The van der Waals surface area contributed by atoms with E-state index in [9.17, 15) is 9.90 Å². The predicted octanol–water partition coefficient (Wildman–Crippen LogP) is 4.23. The van der Waals surface area contributed by atoms with E-state index >= 15 is 0 Å². The van der Waals surface area contributed by atoms with Gasteiger partial charge in [-0.25, -0.2) is 0 Å². The molecule has 116 valence electrons. The number of ketones is 1. The van der Waals surface area contributed by atoms with Crippen LogP contribution in [-0.4, -0.2) is 18.0 Å². The second kappa shape index (κ2) is 6.53. The predicted molar refractivity (Wildman–Crippen MR) is 91.3 cm³/mol. The van der Waals surface area contributed by atoms with Crippen LogP contribution < -0.4 is 4.74 Å². The highest BCUT2D eigenvalue weighted by molar-refractivity contribution is 6.15. The van der Waals surface area contributed by atoms with Crippen molar-refractivity contribution in [2.24, 2.45) is 0 Å². The summed E-state index contributed by atoms with van der Waals surface area (Å²) in [6, 6.07) is 14.5. The molecule has 1 aliphatic rings. The van der Waals surface area contributed by atoms with E-state index < -0.39 is 0 Å². The summed E-state index contributed by atoms with van der Waals surface area (Å²) >= 11 is 0. The van der Waals surface area contributed by atoms with Crippen LogP contribution in [0, 0.1) is 0 Å². The number of carbonyl (C=O) groups is 1. The van der Waals surface area contributed by atoms with Gasteiger partial charge in [-0.3, -0.25) is 4.79 Å². The Kier molecular flexibility index (Phi) is 4.29. The van der Waals surface area contributed by atoms with Gasteiger partial charge in [-0.1, -0.05) is 24.3 Å². The summed E-state index contributed by atoms with van der Waals surface area (Å²) in [5, 5.41) is 9.31. The second-order valence-corrected chi connectivity index (χ2v) is 5.53. The fourth-order valence-corrected chi connectivity index (χ4v) is 2.65. The number of hydrogen-bond acceptors (Lipinski definition) is 3. The van der Waals surface area contributed by atoms with Gasteiger partial charge in [0, 0.05) is 11.1 Å². The molecular formula is C20H18O3. The fourth-order valence-electron chi connectivity index (χ4n) is 2.65. The Labute approximate surface area is 135 Å². The number of aromatic hydroxyl groups is 1. The summed E-state index contributed by atoms with van der Waals surface area (Å²) in [5.74, 6) is 1.14. The molecule has 0 heterocycles. The summed E-state index contributed by atoms with van der Waals surface area (Å²) < 4.78 is 5.14. The van der Waals surface area contributed by atoms with E-state index in [4.69, 9.17) is 4.74 Å². The van der Waals surface area contributed by atoms with Crippen molar-refractivity contribution in [2.75, 3.05) is 7.11 Å². The third kappa shape index (κ3) is 3.51. The van der Waals surface area contributed by atoms with Crippen LogP contribution in [0.1, 0.15) is 24.0 Å². The first-order valence-corrected chi connectivity index (χ1v) is 7.54. The molecule has 0 radical (unpaired) electrons. The van der Waals surface area contributed by atoms with E-state index in [-0.39, 0.29) is 11.5 Å². The number of carbonyl (C=O) groups excluding carboxylic acids is 1. The van der Waals surface area contributed by atoms with Crippen LogP contribution in [0.3, 0.4) is 0 Å². The maximum absolute atomic E-state index is 12.5. The van der Waals surface area contributed by atoms with E-state index in [1.165, 1.54) is 0 Å². The lowest BCUT2D eigenvalue weighted by atomic mass is 10.1. The highest BCUT2D eigenvalue weighted by atomic mass is 16.5. The smallest absolute Gasteiger partial charge is 0.185 e. The number of Topliss-reactive ketones (excluding diaryl/α,β-unsaturated/α-hetero) is 1. The van der Waals surface area contributed by atoms with Gasteiger partial charge in [0.25, 0.3) is 0 Å². The zero-order chi connectivity index (χ0) is 16.2. The minimum absolute atomic E-state index is 0.105. The Bertz CT molecular complexity index is 766. The molecule has 0 atom stereocenters. The number of phenols is 1. The molecule has 0 spiro atoms. The molecule has 2 aromatic carbocycles. The monoisotopic (exact) mass is 306 g/mol. The van der Waals surface area contributed by atoms with Crippen LogP contribution >= 0.6 is 0 Å². The molecule has 0 unspecified atom stereocenters. The molecule has 23 heavy (non-hydrogen) atoms. The number of rotatable bonds is 3. The van der Waals surface area contributed by atoms with Gasteiger partial charge in [-0.2, -0.15) is 0 Å². The lowest BCUT2D eigenvalue weighted by Gasteiger charge is -2.00. The van der Waals surface area contributed by atoms with E-state index in [2.05, 4.69) is 0 Å². The van der Waals surface area contributed by atoms with Gasteiger partial charge >= 0.3 is 0 Å². The molecule has 0 aliphatic heterocycles. The van der Waals surface area contributed by atoms with Crippen LogP contribution in [-0.2, 0) is 4.79 Å². The summed E-state index contributed by atoms with van der Waals surface area (Å²) in [7, 11) is 1.63. The number of benzene rings is 2. The Hall–Kier alpha value is -2.81. The van der Waals surface area contributed by atoms with Crippen molar-refractivity contribution in [3.05, 3.63) is 70.8 Å². The standard InChI is InChI=1S/C20H18O3/c1-23-19-10-4-15(5-11-19)13-17-7-6-16(20(17)22)12-14-2-8-18(21)9-3-14/h2-5,8-13,21H,6-7H2,1H3/b16-12-,17-13-. The molecule has 1 fully saturated rings. The molecule has 3 heteroatoms. The Balaban J connectivity index is 1.80.